The van der Waals surface area contributed by atoms with E-state index in [4.69, 9.17) is 10.5 Å². The van der Waals surface area contributed by atoms with E-state index in [1.807, 2.05) is 24.5 Å². The maximum Gasteiger partial charge on any atom is 0.133 e. The molecule has 0 spiro atoms. The van der Waals surface area contributed by atoms with Crippen LogP contribution in [0.3, 0.4) is 0 Å². The van der Waals surface area contributed by atoms with Gasteiger partial charge in [0.2, 0.25) is 0 Å². The van der Waals surface area contributed by atoms with Crippen LogP contribution < -0.4 is 11.1 Å². The Kier molecular flexibility index (Phi) is 4.19. The highest BCUT2D eigenvalue weighted by molar-refractivity contribution is 5.94. The fourth-order valence-corrected chi connectivity index (χ4v) is 3.21. The van der Waals surface area contributed by atoms with Gasteiger partial charge in [-0.3, -0.25) is 4.98 Å². The van der Waals surface area contributed by atoms with E-state index in [1.54, 1.807) is 6.20 Å². The third kappa shape index (κ3) is 3.13. The van der Waals surface area contributed by atoms with Crippen molar-refractivity contribution in [2.75, 3.05) is 24.3 Å². The molecule has 1 fully saturated rings. The predicted octanol–water partition coefficient (Wildman–Crippen LogP) is 3.04. The van der Waals surface area contributed by atoms with E-state index in [-0.39, 0.29) is 0 Å². The molecule has 1 unspecified atom stereocenters. The van der Waals surface area contributed by atoms with Gasteiger partial charge in [0.05, 0.1) is 18.3 Å². The van der Waals surface area contributed by atoms with E-state index in [0.717, 1.165) is 53.9 Å². The van der Waals surface area contributed by atoms with E-state index in [0.29, 0.717) is 11.9 Å². The first kappa shape index (κ1) is 15.8. The summed E-state index contributed by atoms with van der Waals surface area (Å²) in [6.07, 6.45) is 7.36. The topological polar surface area (TPSA) is 86.0 Å². The second kappa shape index (κ2) is 6.64. The molecule has 0 bridgehead atoms. The average molecular weight is 335 g/mol. The summed E-state index contributed by atoms with van der Waals surface area (Å²) in [6.45, 7) is 3.64. The van der Waals surface area contributed by atoms with Crippen LogP contribution in [-0.2, 0) is 11.2 Å². The Bertz CT molecular complexity index is 905. The Balaban J connectivity index is 1.76. The zero-order valence-electron chi connectivity index (χ0n) is 14.2. The largest absolute Gasteiger partial charge is 0.383 e. The minimum Gasteiger partial charge on any atom is -0.383 e. The molecule has 6 nitrogen and oxygen atoms in total. The summed E-state index contributed by atoms with van der Waals surface area (Å²) in [6, 6.07) is 6.42. The van der Waals surface area contributed by atoms with Gasteiger partial charge < -0.3 is 15.8 Å². The quantitative estimate of drug-likeness (QED) is 0.762. The Labute approximate surface area is 146 Å². The average Bonchev–Trinajstić information content (AvgIpc) is 3.14. The second-order valence-corrected chi connectivity index (χ2v) is 6.27. The smallest absolute Gasteiger partial charge is 0.133 e. The highest BCUT2D eigenvalue weighted by Gasteiger charge is 2.16. The van der Waals surface area contributed by atoms with Gasteiger partial charge in [-0.1, -0.05) is 6.92 Å². The van der Waals surface area contributed by atoms with Crippen molar-refractivity contribution in [3.8, 4) is 11.3 Å². The van der Waals surface area contributed by atoms with E-state index in [2.05, 4.69) is 33.3 Å². The monoisotopic (exact) mass is 335 g/mol. The molecule has 1 atom stereocenters. The van der Waals surface area contributed by atoms with Crippen molar-refractivity contribution in [1.82, 2.24) is 15.0 Å². The van der Waals surface area contributed by atoms with Gasteiger partial charge in [-0.15, -0.1) is 0 Å². The van der Waals surface area contributed by atoms with Gasteiger partial charge >= 0.3 is 0 Å². The van der Waals surface area contributed by atoms with Gasteiger partial charge in [0.1, 0.15) is 11.6 Å². The number of nitrogens with zero attached hydrogens (tertiary/aromatic N) is 3. The van der Waals surface area contributed by atoms with Crippen molar-refractivity contribution >= 4 is 22.4 Å². The molecule has 3 aromatic heterocycles. The third-order valence-corrected chi connectivity index (χ3v) is 4.59. The highest BCUT2D eigenvalue weighted by atomic mass is 16.5. The van der Waals surface area contributed by atoms with Gasteiger partial charge in [-0.05, 0) is 42.0 Å². The van der Waals surface area contributed by atoms with Crippen molar-refractivity contribution < 1.29 is 4.74 Å². The number of hydrogen-bond acceptors (Lipinski definition) is 6. The van der Waals surface area contributed by atoms with Gasteiger partial charge in [0.25, 0.3) is 0 Å². The molecule has 0 aromatic carbocycles. The summed E-state index contributed by atoms with van der Waals surface area (Å²) >= 11 is 0. The number of aromatic nitrogens is 3. The van der Waals surface area contributed by atoms with E-state index >= 15 is 0 Å². The van der Waals surface area contributed by atoms with Crippen molar-refractivity contribution in [2.45, 2.75) is 25.8 Å². The van der Waals surface area contributed by atoms with E-state index < -0.39 is 0 Å². The molecule has 0 radical (unpaired) electrons. The molecule has 4 heterocycles. The number of nitrogen functional groups attached to an aromatic ring is 1. The molecular weight excluding hydrogens is 314 g/mol. The van der Waals surface area contributed by atoms with Crippen LogP contribution in [-0.4, -0.2) is 34.2 Å². The van der Waals surface area contributed by atoms with E-state index in [1.165, 1.54) is 5.56 Å². The van der Waals surface area contributed by atoms with Gasteiger partial charge in [0, 0.05) is 36.1 Å². The fraction of sp³-hybridized carbons (Fsp3) is 0.316. The van der Waals surface area contributed by atoms with Crippen LogP contribution in [0.2, 0.25) is 0 Å². The summed E-state index contributed by atoms with van der Waals surface area (Å²) in [5.74, 6) is 1.32. The van der Waals surface area contributed by atoms with Crippen LogP contribution in [0.4, 0.5) is 11.6 Å². The Morgan fingerprint density at radius 3 is 3.04 bits per heavy atom. The van der Waals surface area contributed by atoms with Crippen molar-refractivity contribution in [1.29, 1.82) is 0 Å². The first-order chi connectivity index (χ1) is 12.2. The first-order valence-corrected chi connectivity index (χ1v) is 8.58. The number of hydrogen-bond donors (Lipinski definition) is 2. The molecule has 6 heteroatoms. The van der Waals surface area contributed by atoms with Gasteiger partial charge in [-0.25, -0.2) is 9.97 Å². The standard InChI is InChI=1S/C19H21N5O/c1-2-12-3-5-21-9-15(12)17-7-13-8-18(23-14-4-6-25-11-14)22-10-16(13)19(20)24-17/h3,5,7-10,14H,2,4,6,11H2,1H3,(H2,20,24)(H,22,23). The van der Waals surface area contributed by atoms with Crippen LogP contribution in [0.5, 0.6) is 0 Å². The summed E-state index contributed by atoms with van der Waals surface area (Å²) < 4.78 is 5.41. The summed E-state index contributed by atoms with van der Waals surface area (Å²) in [7, 11) is 0. The lowest BCUT2D eigenvalue weighted by atomic mass is 10.0. The minimum atomic E-state index is 0.314. The number of nitrogens with two attached hydrogens (primary N) is 1. The molecule has 1 aliphatic heterocycles. The van der Waals surface area contributed by atoms with Crippen molar-refractivity contribution in [3.63, 3.8) is 0 Å². The number of nitrogens with one attached hydrogen (secondary N) is 1. The molecule has 0 amide bonds. The fourth-order valence-electron chi connectivity index (χ4n) is 3.21. The molecule has 4 rings (SSSR count). The molecular formula is C19H21N5O. The zero-order chi connectivity index (χ0) is 17.2. The maximum atomic E-state index is 6.19. The normalized spacial score (nSPS) is 17.1. The second-order valence-electron chi connectivity index (χ2n) is 6.27. The molecule has 1 saturated heterocycles. The Morgan fingerprint density at radius 1 is 1.32 bits per heavy atom. The maximum absolute atomic E-state index is 6.19. The Hall–Kier alpha value is -2.73. The number of anilines is 2. The Morgan fingerprint density at radius 2 is 2.24 bits per heavy atom. The van der Waals surface area contributed by atoms with Crippen molar-refractivity contribution in [2.24, 2.45) is 0 Å². The summed E-state index contributed by atoms with van der Waals surface area (Å²) in [5.41, 5.74) is 9.26. The first-order valence-electron chi connectivity index (χ1n) is 8.58. The molecule has 0 aliphatic carbocycles. The number of fused-ring (bicyclic) bond motifs is 1. The van der Waals surface area contributed by atoms with Crippen LogP contribution in [0.1, 0.15) is 18.9 Å². The zero-order valence-corrected chi connectivity index (χ0v) is 14.2. The van der Waals surface area contributed by atoms with Crippen LogP contribution in [0.15, 0.2) is 36.8 Å². The lowest BCUT2D eigenvalue weighted by Crippen LogP contribution is -2.19. The van der Waals surface area contributed by atoms with E-state index in [9.17, 15) is 0 Å². The summed E-state index contributed by atoms with van der Waals surface area (Å²) in [5, 5.41) is 5.30. The SMILES string of the molecule is CCc1ccncc1-c1cc2cc(NC3CCOC3)ncc2c(N)n1. The van der Waals surface area contributed by atoms with Crippen LogP contribution >= 0.6 is 0 Å². The highest BCUT2D eigenvalue weighted by Crippen LogP contribution is 2.29. The number of ether oxygens (including phenoxy) is 1. The molecule has 25 heavy (non-hydrogen) atoms. The van der Waals surface area contributed by atoms with Crippen LogP contribution in [0, 0.1) is 0 Å². The predicted molar refractivity (Wildman–Crippen MR) is 99.4 cm³/mol. The van der Waals surface area contributed by atoms with Crippen LogP contribution in [0.25, 0.3) is 22.0 Å². The molecule has 128 valence electrons. The van der Waals surface area contributed by atoms with Gasteiger partial charge in [-0.2, -0.15) is 0 Å². The third-order valence-electron chi connectivity index (χ3n) is 4.59. The van der Waals surface area contributed by atoms with Crippen molar-refractivity contribution in [3.05, 3.63) is 42.4 Å². The molecule has 3 N–H and O–H groups in total. The lowest BCUT2D eigenvalue weighted by Gasteiger charge is -2.13. The minimum absolute atomic E-state index is 0.314. The molecule has 0 saturated carbocycles. The summed E-state index contributed by atoms with van der Waals surface area (Å²) in [4.78, 5) is 13.3. The number of aryl methyl sites for hydroxylation is 1. The molecule has 3 aromatic rings. The molecule has 1 aliphatic rings. The number of pyridine rings is 3. The lowest BCUT2D eigenvalue weighted by molar-refractivity contribution is 0.195. The van der Waals surface area contributed by atoms with Gasteiger partial charge in [0.15, 0.2) is 0 Å². The number of rotatable bonds is 4.